The zero-order valence-electron chi connectivity index (χ0n) is 18.8. The average molecular weight is 470 g/mol. The Bertz CT molecular complexity index is 1100. The number of aryl methyl sites for hydroxylation is 2. The molecule has 4 rings (SSSR count). The largest absolute Gasteiger partial charge is 0.378 e. The van der Waals surface area contributed by atoms with Crippen LogP contribution in [0, 0.1) is 19.7 Å². The summed E-state index contributed by atoms with van der Waals surface area (Å²) in [5.41, 5.74) is 3.80. The van der Waals surface area contributed by atoms with Crippen LogP contribution in [0.2, 0.25) is 0 Å². The van der Waals surface area contributed by atoms with Crippen molar-refractivity contribution in [3.8, 4) is 0 Å². The SMILES string of the molecule is Cc1ccc(NC(=O)CSc2nnc(CNc3ccc(F)cc3)n2CC2CCCO2)c(C)c1. The van der Waals surface area contributed by atoms with Crippen LogP contribution in [0.3, 0.4) is 0 Å². The normalized spacial score (nSPS) is 15.5. The molecule has 0 radical (unpaired) electrons. The Balaban J connectivity index is 1.42. The van der Waals surface area contributed by atoms with Gasteiger partial charge in [-0.2, -0.15) is 0 Å². The highest BCUT2D eigenvalue weighted by Crippen LogP contribution is 2.23. The predicted octanol–water partition coefficient (Wildman–Crippen LogP) is 4.56. The molecule has 3 aromatic rings. The number of carbonyl (C=O) groups is 1. The second-order valence-electron chi connectivity index (χ2n) is 8.16. The van der Waals surface area contributed by atoms with Crippen molar-refractivity contribution in [2.75, 3.05) is 23.0 Å². The molecule has 0 saturated carbocycles. The number of halogens is 1. The number of nitrogens with zero attached hydrogens (tertiary/aromatic N) is 3. The molecular formula is C24H28FN5O2S. The lowest BCUT2D eigenvalue weighted by Crippen LogP contribution is -2.20. The minimum absolute atomic E-state index is 0.0930. The molecule has 0 aliphatic carbocycles. The van der Waals surface area contributed by atoms with Crippen LogP contribution in [-0.4, -0.2) is 39.1 Å². The first kappa shape index (κ1) is 23.3. The van der Waals surface area contributed by atoms with Gasteiger partial charge in [-0.3, -0.25) is 4.79 Å². The van der Waals surface area contributed by atoms with Crippen LogP contribution in [0.5, 0.6) is 0 Å². The molecule has 0 spiro atoms. The van der Waals surface area contributed by atoms with Gasteiger partial charge in [0.1, 0.15) is 5.82 Å². The first-order valence-electron chi connectivity index (χ1n) is 11.0. The number of benzene rings is 2. The maximum atomic E-state index is 13.2. The molecule has 2 aromatic carbocycles. The van der Waals surface area contributed by atoms with Crippen molar-refractivity contribution >= 4 is 29.0 Å². The molecule has 2 N–H and O–H groups in total. The fraction of sp³-hybridized carbons (Fsp3) is 0.375. The van der Waals surface area contributed by atoms with E-state index >= 15 is 0 Å². The summed E-state index contributed by atoms with van der Waals surface area (Å²) in [7, 11) is 0. The van der Waals surface area contributed by atoms with E-state index in [0.717, 1.165) is 47.8 Å². The lowest BCUT2D eigenvalue weighted by atomic mass is 10.1. The molecule has 2 heterocycles. The van der Waals surface area contributed by atoms with Crippen molar-refractivity contribution in [2.24, 2.45) is 0 Å². The number of anilines is 2. The zero-order valence-corrected chi connectivity index (χ0v) is 19.6. The van der Waals surface area contributed by atoms with Crippen molar-refractivity contribution in [1.29, 1.82) is 0 Å². The zero-order chi connectivity index (χ0) is 23.2. The number of thioether (sulfide) groups is 1. The van der Waals surface area contributed by atoms with Crippen LogP contribution in [-0.2, 0) is 22.6 Å². The smallest absolute Gasteiger partial charge is 0.234 e. The van der Waals surface area contributed by atoms with Gasteiger partial charge in [0.2, 0.25) is 5.91 Å². The Morgan fingerprint density at radius 1 is 1.21 bits per heavy atom. The fourth-order valence-electron chi connectivity index (χ4n) is 3.75. The monoisotopic (exact) mass is 469 g/mol. The molecule has 0 bridgehead atoms. The molecule has 1 amide bonds. The highest BCUT2D eigenvalue weighted by Gasteiger charge is 2.21. The Labute approximate surface area is 197 Å². The Morgan fingerprint density at radius 3 is 2.76 bits per heavy atom. The van der Waals surface area contributed by atoms with E-state index in [1.807, 2.05) is 36.6 Å². The topological polar surface area (TPSA) is 81.1 Å². The van der Waals surface area contributed by atoms with E-state index in [4.69, 9.17) is 4.74 Å². The third-order valence-electron chi connectivity index (χ3n) is 5.49. The third kappa shape index (κ3) is 6.33. The van der Waals surface area contributed by atoms with Crippen LogP contribution in [0.4, 0.5) is 15.8 Å². The number of ether oxygens (including phenoxy) is 1. The highest BCUT2D eigenvalue weighted by molar-refractivity contribution is 7.99. The summed E-state index contributed by atoms with van der Waals surface area (Å²) in [4.78, 5) is 12.6. The molecule has 9 heteroatoms. The van der Waals surface area contributed by atoms with Gasteiger partial charge in [0.15, 0.2) is 11.0 Å². The lowest BCUT2D eigenvalue weighted by molar-refractivity contribution is -0.113. The van der Waals surface area contributed by atoms with Gasteiger partial charge in [0.05, 0.1) is 24.9 Å². The van der Waals surface area contributed by atoms with E-state index in [9.17, 15) is 9.18 Å². The van der Waals surface area contributed by atoms with Gasteiger partial charge in [-0.05, 0) is 62.6 Å². The van der Waals surface area contributed by atoms with Gasteiger partial charge < -0.3 is 19.9 Å². The molecule has 1 aromatic heterocycles. The number of carbonyl (C=O) groups excluding carboxylic acids is 1. The molecule has 1 fully saturated rings. The van der Waals surface area contributed by atoms with E-state index in [0.29, 0.717) is 18.2 Å². The number of amides is 1. The van der Waals surface area contributed by atoms with Crippen molar-refractivity contribution in [1.82, 2.24) is 14.8 Å². The maximum Gasteiger partial charge on any atom is 0.234 e. The van der Waals surface area contributed by atoms with Crippen LogP contribution in [0.15, 0.2) is 47.6 Å². The first-order valence-corrected chi connectivity index (χ1v) is 12.0. The molecule has 7 nitrogen and oxygen atoms in total. The van der Waals surface area contributed by atoms with Gasteiger partial charge in [-0.25, -0.2) is 4.39 Å². The second-order valence-corrected chi connectivity index (χ2v) is 9.10. The molecule has 1 atom stereocenters. The predicted molar refractivity (Wildman–Crippen MR) is 128 cm³/mol. The molecule has 1 aliphatic heterocycles. The van der Waals surface area contributed by atoms with Crippen LogP contribution in [0.25, 0.3) is 0 Å². The number of hydrogen-bond acceptors (Lipinski definition) is 6. The van der Waals surface area contributed by atoms with Crippen LogP contribution < -0.4 is 10.6 Å². The van der Waals surface area contributed by atoms with Gasteiger partial charge >= 0.3 is 0 Å². The summed E-state index contributed by atoms with van der Waals surface area (Å²) < 4.78 is 21.0. The Hall–Kier alpha value is -2.91. The third-order valence-corrected chi connectivity index (χ3v) is 6.45. The molecule has 1 unspecified atom stereocenters. The summed E-state index contributed by atoms with van der Waals surface area (Å²) in [5.74, 6) is 0.596. The molecule has 1 saturated heterocycles. The standard InChI is InChI=1S/C24H28FN5O2S/c1-16-5-10-21(17(2)12-16)27-23(31)15-33-24-29-28-22(30(24)14-20-4-3-11-32-20)13-26-19-8-6-18(25)7-9-19/h5-10,12,20,26H,3-4,11,13-15H2,1-2H3,(H,27,31). The van der Waals surface area contributed by atoms with Gasteiger partial charge in [-0.15, -0.1) is 10.2 Å². The van der Waals surface area contributed by atoms with E-state index in [2.05, 4.69) is 20.8 Å². The molecular weight excluding hydrogens is 441 g/mol. The van der Waals surface area contributed by atoms with E-state index < -0.39 is 0 Å². The summed E-state index contributed by atoms with van der Waals surface area (Å²) in [6.07, 6.45) is 2.13. The summed E-state index contributed by atoms with van der Waals surface area (Å²) >= 11 is 1.36. The number of rotatable bonds is 9. The molecule has 174 valence electrons. The number of aromatic nitrogens is 3. The maximum absolute atomic E-state index is 13.2. The van der Waals surface area contributed by atoms with Crippen molar-refractivity contribution in [3.63, 3.8) is 0 Å². The summed E-state index contributed by atoms with van der Waals surface area (Å²) in [6, 6.07) is 12.1. The second kappa shape index (κ2) is 10.8. The summed E-state index contributed by atoms with van der Waals surface area (Å²) in [6.45, 7) is 5.83. The van der Waals surface area contributed by atoms with Crippen molar-refractivity contribution in [3.05, 3.63) is 65.2 Å². The van der Waals surface area contributed by atoms with Crippen molar-refractivity contribution < 1.29 is 13.9 Å². The minimum atomic E-state index is -0.278. The van der Waals surface area contributed by atoms with Crippen LogP contribution in [0.1, 0.15) is 29.8 Å². The quantitative estimate of drug-likeness (QED) is 0.448. The molecule has 1 aliphatic rings. The van der Waals surface area contributed by atoms with Gasteiger partial charge in [0.25, 0.3) is 0 Å². The van der Waals surface area contributed by atoms with E-state index in [1.54, 1.807) is 12.1 Å². The van der Waals surface area contributed by atoms with E-state index in [1.165, 1.54) is 23.9 Å². The lowest BCUT2D eigenvalue weighted by Gasteiger charge is -2.15. The summed E-state index contributed by atoms with van der Waals surface area (Å²) in [5, 5.41) is 15.6. The van der Waals surface area contributed by atoms with E-state index in [-0.39, 0.29) is 23.6 Å². The Morgan fingerprint density at radius 2 is 2.03 bits per heavy atom. The minimum Gasteiger partial charge on any atom is -0.378 e. The molecule has 33 heavy (non-hydrogen) atoms. The van der Waals surface area contributed by atoms with Crippen LogP contribution >= 0.6 is 11.8 Å². The fourth-order valence-corrected chi connectivity index (χ4v) is 4.52. The highest BCUT2D eigenvalue weighted by atomic mass is 32.2. The van der Waals surface area contributed by atoms with Gasteiger partial charge in [0, 0.05) is 18.0 Å². The Kier molecular flexibility index (Phi) is 7.61. The number of nitrogens with one attached hydrogen (secondary N) is 2. The van der Waals surface area contributed by atoms with Crippen molar-refractivity contribution in [2.45, 2.75) is 51.0 Å². The average Bonchev–Trinajstić information content (AvgIpc) is 3.44. The van der Waals surface area contributed by atoms with Gasteiger partial charge in [-0.1, -0.05) is 29.5 Å². The number of hydrogen-bond donors (Lipinski definition) is 2. The first-order chi connectivity index (χ1) is 16.0.